The summed E-state index contributed by atoms with van der Waals surface area (Å²) < 4.78 is 14.1. The topological polar surface area (TPSA) is 25.9 Å². The van der Waals surface area contributed by atoms with E-state index >= 15 is 0 Å². The molecule has 0 unspecified atom stereocenters. The molecule has 2 aliphatic heterocycles. The SMILES string of the molecule is CN(C)c1ncc(CN2CCC[C@@H](N3CCN(c4ccccc4F)CC3)C2)s1. The second-order valence-electron chi connectivity index (χ2n) is 8.01. The summed E-state index contributed by atoms with van der Waals surface area (Å²) in [5.41, 5.74) is 0.745. The lowest BCUT2D eigenvalue weighted by molar-refractivity contribution is 0.0892. The van der Waals surface area contributed by atoms with E-state index in [1.54, 1.807) is 23.5 Å². The van der Waals surface area contributed by atoms with Crippen molar-refractivity contribution in [3.05, 3.63) is 41.2 Å². The number of thiazole rings is 1. The summed E-state index contributed by atoms with van der Waals surface area (Å²) in [5, 5.41) is 1.08. The number of halogens is 1. The van der Waals surface area contributed by atoms with Crippen LogP contribution in [0.1, 0.15) is 17.7 Å². The van der Waals surface area contributed by atoms with Crippen LogP contribution in [0.2, 0.25) is 0 Å². The average Bonchev–Trinajstić information content (AvgIpc) is 3.18. The van der Waals surface area contributed by atoms with Crippen molar-refractivity contribution in [2.75, 3.05) is 63.2 Å². The van der Waals surface area contributed by atoms with Crippen molar-refractivity contribution in [1.82, 2.24) is 14.8 Å². The van der Waals surface area contributed by atoms with Crippen LogP contribution in [0.25, 0.3) is 0 Å². The maximum Gasteiger partial charge on any atom is 0.185 e. The lowest BCUT2D eigenvalue weighted by Gasteiger charge is -2.44. The highest BCUT2D eigenvalue weighted by Gasteiger charge is 2.29. The first-order valence-corrected chi connectivity index (χ1v) is 11.0. The lowest BCUT2D eigenvalue weighted by atomic mass is 10.0. The van der Waals surface area contributed by atoms with Gasteiger partial charge in [0.05, 0.1) is 5.69 Å². The third-order valence-corrected chi connectivity index (χ3v) is 6.96. The van der Waals surface area contributed by atoms with Crippen molar-refractivity contribution in [3.63, 3.8) is 0 Å². The quantitative estimate of drug-likeness (QED) is 0.764. The Morgan fingerprint density at radius 1 is 1.14 bits per heavy atom. The summed E-state index contributed by atoms with van der Waals surface area (Å²) in [6, 6.07) is 7.74. The van der Waals surface area contributed by atoms with Gasteiger partial charge in [0.15, 0.2) is 5.13 Å². The maximum atomic E-state index is 14.1. The van der Waals surface area contributed by atoms with E-state index in [1.807, 2.05) is 32.4 Å². The number of anilines is 2. The minimum absolute atomic E-state index is 0.110. The van der Waals surface area contributed by atoms with E-state index in [0.717, 1.165) is 50.1 Å². The second-order valence-corrected chi connectivity index (χ2v) is 9.10. The molecule has 1 aromatic carbocycles. The Kier molecular flexibility index (Phi) is 6.13. The highest BCUT2D eigenvalue weighted by Crippen LogP contribution is 2.26. The van der Waals surface area contributed by atoms with Crippen LogP contribution in [0, 0.1) is 5.82 Å². The fourth-order valence-corrected chi connectivity index (χ4v) is 5.18. The predicted octanol–water partition coefficient (Wildman–Crippen LogP) is 3.13. The van der Waals surface area contributed by atoms with Crippen molar-refractivity contribution in [1.29, 1.82) is 0 Å². The third-order valence-electron chi connectivity index (χ3n) is 5.81. The number of aromatic nitrogens is 1. The molecule has 1 atom stereocenters. The molecule has 2 aliphatic rings. The standard InChI is InChI=1S/C21H30FN5S/c1-24(2)21-23-14-18(28-21)16-25-9-5-6-17(15-25)26-10-12-27(13-11-26)20-8-4-3-7-19(20)22/h3-4,7-8,14,17H,5-6,9-13,15-16H2,1-2H3/t17-/m1/s1. The second kappa shape index (κ2) is 8.76. The number of piperidine rings is 1. The maximum absolute atomic E-state index is 14.1. The molecule has 5 nitrogen and oxygen atoms in total. The highest BCUT2D eigenvalue weighted by molar-refractivity contribution is 7.15. The van der Waals surface area contributed by atoms with Crippen LogP contribution in [-0.2, 0) is 6.54 Å². The molecule has 7 heteroatoms. The zero-order valence-corrected chi connectivity index (χ0v) is 17.7. The minimum atomic E-state index is -0.110. The molecule has 0 radical (unpaired) electrons. The Labute approximate surface area is 171 Å². The van der Waals surface area contributed by atoms with Gasteiger partial charge in [-0.05, 0) is 31.5 Å². The van der Waals surface area contributed by atoms with Gasteiger partial charge in [-0.15, -0.1) is 11.3 Å². The first kappa shape index (κ1) is 19.6. The summed E-state index contributed by atoms with van der Waals surface area (Å²) in [4.78, 5) is 15.3. The Morgan fingerprint density at radius 3 is 2.64 bits per heavy atom. The van der Waals surface area contributed by atoms with E-state index in [0.29, 0.717) is 6.04 Å². The number of likely N-dealkylation sites (tertiary alicyclic amines) is 1. The molecule has 2 aromatic rings. The Bertz CT molecular complexity index is 772. The Morgan fingerprint density at radius 2 is 1.93 bits per heavy atom. The van der Waals surface area contributed by atoms with E-state index in [-0.39, 0.29) is 5.82 Å². The molecule has 2 saturated heterocycles. The first-order chi connectivity index (χ1) is 13.6. The summed E-state index contributed by atoms with van der Waals surface area (Å²) in [6.45, 7) is 7.11. The van der Waals surface area contributed by atoms with Crippen molar-refractivity contribution in [2.45, 2.75) is 25.4 Å². The molecule has 0 aliphatic carbocycles. The van der Waals surface area contributed by atoms with E-state index in [1.165, 1.54) is 24.3 Å². The molecule has 152 valence electrons. The Balaban J connectivity index is 1.31. The number of piperazine rings is 1. The highest BCUT2D eigenvalue weighted by atomic mass is 32.1. The van der Waals surface area contributed by atoms with E-state index < -0.39 is 0 Å². The average molecular weight is 404 g/mol. The molecule has 3 heterocycles. The monoisotopic (exact) mass is 403 g/mol. The van der Waals surface area contributed by atoms with Gasteiger partial charge < -0.3 is 9.80 Å². The molecule has 0 saturated carbocycles. The molecule has 28 heavy (non-hydrogen) atoms. The van der Waals surface area contributed by atoms with Gasteiger partial charge in [-0.1, -0.05) is 12.1 Å². The van der Waals surface area contributed by atoms with Crippen molar-refractivity contribution < 1.29 is 4.39 Å². The van der Waals surface area contributed by atoms with Crippen LogP contribution < -0.4 is 9.80 Å². The van der Waals surface area contributed by atoms with Gasteiger partial charge in [-0.3, -0.25) is 9.80 Å². The fraction of sp³-hybridized carbons (Fsp3) is 0.571. The third kappa shape index (κ3) is 4.47. The summed E-state index contributed by atoms with van der Waals surface area (Å²) in [7, 11) is 4.08. The first-order valence-electron chi connectivity index (χ1n) is 10.2. The van der Waals surface area contributed by atoms with Crippen LogP contribution in [0.15, 0.2) is 30.5 Å². The molecule has 0 spiro atoms. The molecule has 0 bridgehead atoms. The van der Waals surface area contributed by atoms with Crippen LogP contribution >= 0.6 is 11.3 Å². The zero-order valence-electron chi connectivity index (χ0n) is 16.9. The van der Waals surface area contributed by atoms with Crippen molar-refractivity contribution in [3.8, 4) is 0 Å². The molecule has 0 N–H and O–H groups in total. The van der Waals surface area contributed by atoms with Gasteiger partial charge in [0.25, 0.3) is 0 Å². The van der Waals surface area contributed by atoms with Gasteiger partial charge in [-0.25, -0.2) is 9.37 Å². The van der Waals surface area contributed by atoms with Crippen LogP contribution in [-0.4, -0.2) is 74.2 Å². The largest absolute Gasteiger partial charge is 0.367 e. The van der Waals surface area contributed by atoms with Crippen molar-refractivity contribution in [2.24, 2.45) is 0 Å². The molecular formula is C21H30FN5S. The smallest absolute Gasteiger partial charge is 0.185 e. The van der Waals surface area contributed by atoms with E-state index in [9.17, 15) is 4.39 Å². The number of para-hydroxylation sites is 1. The van der Waals surface area contributed by atoms with Gasteiger partial charge in [0.1, 0.15) is 5.82 Å². The van der Waals surface area contributed by atoms with E-state index in [2.05, 4.69) is 24.6 Å². The van der Waals surface area contributed by atoms with Gasteiger partial charge in [0.2, 0.25) is 0 Å². The van der Waals surface area contributed by atoms with Crippen LogP contribution in [0.3, 0.4) is 0 Å². The minimum Gasteiger partial charge on any atom is -0.367 e. The number of hydrogen-bond acceptors (Lipinski definition) is 6. The van der Waals surface area contributed by atoms with Gasteiger partial charge in [0, 0.05) is 70.5 Å². The number of benzene rings is 1. The van der Waals surface area contributed by atoms with Crippen LogP contribution in [0.4, 0.5) is 15.2 Å². The molecule has 4 rings (SSSR count). The summed E-state index contributed by atoms with van der Waals surface area (Å²) in [5.74, 6) is -0.110. The van der Waals surface area contributed by atoms with Crippen molar-refractivity contribution >= 4 is 22.2 Å². The van der Waals surface area contributed by atoms with Gasteiger partial charge >= 0.3 is 0 Å². The number of nitrogens with zero attached hydrogens (tertiary/aromatic N) is 5. The number of rotatable bonds is 5. The predicted molar refractivity (Wildman–Crippen MR) is 115 cm³/mol. The van der Waals surface area contributed by atoms with Gasteiger partial charge in [-0.2, -0.15) is 0 Å². The molecule has 0 amide bonds. The zero-order chi connectivity index (χ0) is 19.5. The Hall–Kier alpha value is -1.70. The summed E-state index contributed by atoms with van der Waals surface area (Å²) in [6.07, 6.45) is 4.54. The van der Waals surface area contributed by atoms with Crippen LogP contribution in [0.5, 0.6) is 0 Å². The molecule has 2 fully saturated rings. The number of hydrogen-bond donors (Lipinski definition) is 0. The molecular weight excluding hydrogens is 373 g/mol. The summed E-state index contributed by atoms with van der Waals surface area (Å²) >= 11 is 1.79. The van der Waals surface area contributed by atoms with E-state index in [4.69, 9.17) is 0 Å². The molecule has 1 aromatic heterocycles. The normalized spacial score (nSPS) is 21.8. The fourth-order valence-electron chi connectivity index (χ4n) is 4.31. The lowest BCUT2D eigenvalue weighted by Crippen LogP contribution is -2.55.